The third-order valence-corrected chi connectivity index (χ3v) is 2.62. The van der Waals surface area contributed by atoms with Gasteiger partial charge in [0.1, 0.15) is 11.6 Å². The minimum absolute atomic E-state index is 0.109. The van der Waals surface area contributed by atoms with Gasteiger partial charge >= 0.3 is 0 Å². The summed E-state index contributed by atoms with van der Waals surface area (Å²) in [5, 5.41) is 9.16. The van der Waals surface area contributed by atoms with Crippen LogP contribution in [0.25, 0.3) is 0 Å². The molecule has 6 heteroatoms. The van der Waals surface area contributed by atoms with Crippen molar-refractivity contribution < 1.29 is 9.53 Å². The van der Waals surface area contributed by atoms with E-state index < -0.39 is 0 Å². The van der Waals surface area contributed by atoms with E-state index in [2.05, 4.69) is 20.5 Å². The normalized spacial score (nSPS) is 10.2. The molecule has 2 rings (SSSR count). The number of benzene rings is 1. The summed E-state index contributed by atoms with van der Waals surface area (Å²) in [6, 6.07) is 7.67. The summed E-state index contributed by atoms with van der Waals surface area (Å²) in [5.74, 6) is 1.67. The van der Waals surface area contributed by atoms with E-state index in [0.717, 1.165) is 11.3 Å². The average Bonchev–Trinajstić information content (AvgIpc) is 2.82. The molecule has 0 aliphatic heterocycles. The molecule has 2 aromatic rings. The van der Waals surface area contributed by atoms with Gasteiger partial charge in [0, 0.05) is 6.42 Å². The van der Waals surface area contributed by atoms with Crippen LogP contribution in [-0.2, 0) is 11.2 Å². The van der Waals surface area contributed by atoms with E-state index in [1.165, 1.54) is 0 Å². The summed E-state index contributed by atoms with van der Waals surface area (Å²) >= 11 is 0. The Bertz CT molecular complexity index is 565. The van der Waals surface area contributed by atoms with E-state index in [4.69, 9.17) is 4.74 Å². The zero-order chi connectivity index (χ0) is 13.7. The Balaban J connectivity index is 1.86. The van der Waals surface area contributed by atoms with E-state index in [9.17, 15) is 4.79 Å². The molecule has 1 amide bonds. The molecule has 19 heavy (non-hydrogen) atoms. The minimum Gasteiger partial charge on any atom is -0.497 e. The van der Waals surface area contributed by atoms with E-state index in [1.54, 1.807) is 14.0 Å². The van der Waals surface area contributed by atoms with E-state index in [0.29, 0.717) is 24.6 Å². The second-order valence-corrected chi connectivity index (χ2v) is 4.14. The number of nitrogens with one attached hydrogen (secondary N) is 2. The standard InChI is InChI=1S/C13H16N4O2/c1-9-14-13(17-16-9)15-12(18)7-6-10-4-3-5-11(8-10)19-2/h3-5,8H,6-7H2,1-2H3,(H2,14,15,16,17,18). The van der Waals surface area contributed by atoms with E-state index >= 15 is 0 Å². The maximum atomic E-state index is 11.7. The predicted molar refractivity (Wildman–Crippen MR) is 71.1 cm³/mol. The van der Waals surface area contributed by atoms with Crippen molar-refractivity contribution >= 4 is 11.9 Å². The Morgan fingerprint density at radius 1 is 1.47 bits per heavy atom. The van der Waals surface area contributed by atoms with Crippen molar-refractivity contribution in [2.45, 2.75) is 19.8 Å². The van der Waals surface area contributed by atoms with Crippen LogP contribution in [0.1, 0.15) is 17.8 Å². The fraction of sp³-hybridized carbons (Fsp3) is 0.308. The largest absolute Gasteiger partial charge is 0.497 e. The fourth-order valence-corrected chi connectivity index (χ4v) is 1.67. The van der Waals surface area contributed by atoms with Gasteiger partial charge in [-0.2, -0.15) is 4.98 Å². The monoisotopic (exact) mass is 260 g/mol. The number of carbonyl (C=O) groups is 1. The number of anilines is 1. The first-order valence-corrected chi connectivity index (χ1v) is 5.99. The molecule has 0 saturated carbocycles. The van der Waals surface area contributed by atoms with Gasteiger partial charge in [0.05, 0.1) is 7.11 Å². The molecule has 0 bridgehead atoms. The zero-order valence-electron chi connectivity index (χ0n) is 10.9. The topological polar surface area (TPSA) is 79.9 Å². The number of amides is 1. The summed E-state index contributed by atoms with van der Waals surface area (Å²) in [6.07, 6.45) is 1.02. The summed E-state index contributed by atoms with van der Waals surface area (Å²) < 4.78 is 5.14. The van der Waals surface area contributed by atoms with Gasteiger partial charge in [-0.25, -0.2) is 0 Å². The molecule has 0 unspecified atom stereocenters. The Morgan fingerprint density at radius 3 is 3.00 bits per heavy atom. The van der Waals surface area contributed by atoms with Gasteiger partial charge in [-0.1, -0.05) is 12.1 Å². The van der Waals surface area contributed by atoms with Gasteiger partial charge in [0.15, 0.2) is 0 Å². The van der Waals surface area contributed by atoms with Crippen LogP contribution >= 0.6 is 0 Å². The lowest BCUT2D eigenvalue weighted by Gasteiger charge is -2.04. The number of aromatic amines is 1. The molecule has 0 saturated heterocycles. The van der Waals surface area contributed by atoms with E-state index in [1.807, 2.05) is 24.3 Å². The van der Waals surface area contributed by atoms with Crippen LogP contribution in [0, 0.1) is 6.92 Å². The molecule has 0 aliphatic carbocycles. The number of aromatic nitrogens is 3. The molecule has 2 N–H and O–H groups in total. The zero-order valence-corrected chi connectivity index (χ0v) is 10.9. The first-order valence-electron chi connectivity index (χ1n) is 5.99. The fourth-order valence-electron chi connectivity index (χ4n) is 1.67. The molecule has 0 spiro atoms. The van der Waals surface area contributed by atoms with E-state index in [-0.39, 0.29) is 5.91 Å². The second kappa shape index (κ2) is 5.99. The third-order valence-electron chi connectivity index (χ3n) is 2.62. The van der Waals surface area contributed by atoms with Crippen molar-refractivity contribution in [3.63, 3.8) is 0 Å². The lowest BCUT2D eigenvalue weighted by Crippen LogP contribution is -2.13. The molecular weight excluding hydrogens is 244 g/mol. The SMILES string of the molecule is COc1cccc(CCC(=O)Nc2n[nH]c(C)n2)c1. The maximum absolute atomic E-state index is 11.7. The lowest BCUT2D eigenvalue weighted by atomic mass is 10.1. The van der Waals surface area contributed by atoms with Gasteiger partial charge in [-0.05, 0) is 31.0 Å². The van der Waals surface area contributed by atoms with Crippen LogP contribution < -0.4 is 10.1 Å². The molecule has 6 nitrogen and oxygen atoms in total. The number of rotatable bonds is 5. The van der Waals surface area contributed by atoms with Crippen LogP contribution in [0.3, 0.4) is 0 Å². The quantitative estimate of drug-likeness (QED) is 0.857. The number of aryl methyl sites for hydroxylation is 2. The first kappa shape index (κ1) is 13.1. The number of hydrogen-bond donors (Lipinski definition) is 2. The van der Waals surface area contributed by atoms with Crippen molar-refractivity contribution in [3.8, 4) is 5.75 Å². The highest BCUT2D eigenvalue weighted by Gasteiger charge is 2.06. The molecule has 0 atom stereocenters. The Kier molecular flexibility index (Phi) is 4.12. The molecule has 0 fully saturated rings. The number of methoxy groups -OCH3 is 1. The van der Waals surface area contributed by atoms with Crippen LogP contribution in [-0.4, -0.2) is 28.2 Å². The van der Waals surface area contributed by atoms with Crippen molar-refractivity contribution in [1.82, 2.24) is 15.2 Å². The van der Waals surface area contributed by atoms with Crippen molar-refractivity contribution in [1.29, 1.82) is 0 Å². The summed E-state index contributed by atoms with van der Waals surface area (Å²) in [6.45, 7) is 1.78. The van der Waals surface area contributed by atoms with Crippen LogP contribution in [0.5, 0.6) is 5.75 Å². The molecule has 1 aromatic carbocycles. The molecule has 1 heterocycles. The number of hydrogen-bond acceptors (Lipinski definition) is 4. The third kappa shape index (κ3) is 3.80. The van der Waals surface area contributed by atoms with Gasteiger partial charge in [-0.15, -0.1) is 5.10 Å². The number of nitrogens with zero attached hydrogens (tertiary/aromatic N) is 2. The lowest BCUT2D eigenvalue weighted by molar-refractivity contribution is -0.116. The summed E-state index contributed by atoms with van der Waals surface area (Å²) in [7, 11) is 1.62. The van der Waals surface area contributed by atoms with Crippen molar-refractivity contribution in [3.05, 3.63) is 35.7 Å². The minimum atomic E-state index is -0.109. The van der Waals surface area contributed by atoms with Gasteiger partial charge in [0.25, 0.3) is 0 Å². The number of H-pyrrole nitrogens is 1. The van der Waals surface area contributed by atoms with Crippen molar-refractivity contribution in [2.75, 3.05) is 12.4 Å². The summed E-state index contributed by atoms with van der Waals surface area (Å²) in [4.78, 5) is 15.7. The van der Waals surface area contributed by atoms with Crippen LogP contribution in [0.4, 0.5) is 5.95 Å². The number of carbonyl (C=O) groups excluding carboxylic acids is 1. The maximum Gasteiger partial charge on any atom is 0.248 e. The average molecular weight is 260 g/mol. The highest BCUT2D eigenvalue weighted by Crippen LogP contribution is 2.14. The highest BCUT2D eigenvalue weighted by atomic mass is 16.5. The predicted octanol–water partition coefficient (Wildman–Crippen LogP) is 1.69. The smallest absolute Gasteiger partial charge is 0.248 e. The molecular formula is C13H16N4O2. The molecule has 1 aromatic heterocycles. The van der Waals surface area contributed by atoms with Gasteiger partial charge in [0.2, 0.25) is 11.9 Å². The van der Waals surface area contributed by atoms with Gasteiger partial charge in [-0.3, -0.25) is 15.2 Å². The number of ether oxygens (including phenoxy) is 1. The highest BCUT2D eigenvalue weighted by molar-refractivity contribution is 5.88. The summed E-state index contributed by atoms with van der Waals surface area (Å²) in [5.41, 5.74) is 1.06. The Labute approximate surface area is 111 Å². The molecule has 0 radical (unpaired) electrons. The van der Waals surface area contributed by atoms with Crippen molar-refractivity contribution in [2.24, 2.45) is 0 Å². The van der Waals surface area contributed by atoms with Gasteiger partial charge < -0.3 is 4.74 Å². The Hall–Kier alpha value is -2.37. The van der Waals surface area contributed by atoms with Crippen LogP contribution in [0.15, 0.2) is 24.3 Å². The second-order valence-electron chi connectivity index (χ2n) is 4.14. The Morgan fingerprint density at radius 2 is 2.32 bits per heavy atom. The molecule has 0 aliphatic rings. The first-order chi connectivity index (χ1) is 9.17. The molecule has 100 valence electrons. The van der Waals surface area contributed by atoms with Crippen LogP contribution in [0.2, 0.25) is 0 Å².